The number of likely N-dealkylation sites (tertiary alicyclic amines) is 1. The second-order valence-corrected chi connectivity index (χ2v) is 9.71. The number of imidazole rings is 1. The minimum Gasteiger partial charge on any atom is -0.365 e. The fourth-order valence-electron chi connectivity index (χ4n) is 4.60. The number of carbonyl (C=O) groups excluding carboxylic acids is 2. The van der Waals surface area contributed by atoms with E-state index in [2.05, 4.69) is 10.3 Å². The molecule has 1 aromatic heterocycles. The third-order valence-corrected chi connectivity index (χ3v) is 7.43. The predicted octanol–water partition coefficient (Wildman–Crippen LogP) is 4.51. The second kappa shape index (κ2) is 10.2. The fraction of sp³-hybridized carbons (Fsp3) is 0.346. The number of nitrogens with one attached hydrogen (secondary N) is 1. The maximum atomic E-state index is 13.2. The van der Waals surface area contributed by atoms with Crippen molar-refractivity contribution in [2.75, 3.05) is 24.7 Å². The molecule has 1 atom stereocenters. The summed E-state index contributed by atoms with van der Waals surface area (Å²) in [5.41, 5.74) is 2.83. The van der Waals surface area contributed by atoms with Crippen LogP contribution in [0.4, 0.5) is 10.1 Å². The lowest BCUT2D eigenvalue weighted by Crippen LogP contribution is -2.42. The molecule has 1 fully saturated rings. The van der Waals surface area contributed by atoms with Gasteiger partial charge in [0.1, 0.15) is 11.9 Å². The minimum absolute atomic E-state index is 0.00592. The number of anilines is 1. The highest BCUT2D eigenvalue weighted by Gasteiger charge is 2.32. The van der Waals surface area contributed by atoms with Gasteiger partial charge >= 0.3 is 0 Å². The maximum Gasteiger partial charge on any atom is 0.274 e. The molecule has 0 radical (unpaired) electrons. The van der Waals surface area contributed by atoms with Gasteiger partial charge in [-0.3, -0.25) is 9.59 Å². The Labute approximate surface area is 207 Å². The maximum absolute atomic E-state index is 13.2. The number of fused-ring (bicyclic) bond motifs is 1. The van der Waals surface area contributed by atoms with Gasteiger partial charge < -0.3 is 19.5 Å². The number of benzene rings is 2. The topological polar surface area (TPSA) is 76.5 Å². The lowest BCUT2D eigenvalue weighted by Gasteiger charge is -2.31. The van der Waals surface area contributed by atoms with Crippen molar-refractivity contribution in [3.63, 3.8) is 0 Å². The number of amides is 2. The van der Waals surface area contributed by atoms with Crippen LogP contribution in [-0.4, -0.2) is 45.6 Å². The van der Waals surface area contributed by atoms with Crippen molar-refractivity contribution < 1.29 is 18.7 Å². The molecule has 2 aliphatic rings. The molecule has 1 saturated heterocycles. The van der Waals surface area contributed by atoms with E-state index in [0.29, 0.717) is 38.2 Å². The quantitative estimate of drug-likeness (QED) is 0.529. The lowest BCUT2D eigenvalue weighted by atomic mass is 9.95. The van der Waals surface area contributed by atoms with E-state index >= 15 is 0 Å². The highest BCUT2D eigenvalue weighted by molar-refractivity contribution is 7.98. The summed E-state index contributed by atoms with van der Waals surface area (Å²) in [6.45, 7) is 1.79. The summed E-state index contributed by atoms with van der Waals surface area (Å²) in [6.07, 6.45) is 4.69. The van der Waals surface area contributed by atoms with Crippen molar-refractivity contribution in [3.05, 3.63) is 77.6 Å². The molecule has 9 heteroatoms. The highest BCUT2D eigenvalue weighted by atomic mass is 32.2. The van der Waals surface area contributed by atoms with Crippen LogP contribution in [0.1, 0.15) is 40.7 Å². The summed E-state index contributed by atoms with van der Waals surface area (Å²) < 4.78 is 21.1. The van der Waals surface area contributed by atoms with Gasteiger partial charge in [-0.25, -0.2) is 9.37 Å². The predicted molar refractivity (Wildman–Crippen MR) is 132 cm³/mol. The number of halogens is 1. The molecule has 3 heterocycles. The van der Waals surface area contributed by atoms with Gasteiger partial charge in [-0.1, -0.05) is 12.1 Å². The van der Waals surface area contributed by atoms with Gasteiger partial charge in [0, 0.05) is 29.6 Å². The molecule has 0 saturated carbocycles. The lowest BCUT2D eigenvalue weighted by molar-refractivity contribution is -0.121. The first-order chi connectivity index (χ1) is 17.0. The Balaban J connectivity index is 1.17. The number of piperidine rings is 1. The number of hydrogen-bond acceptors (Lipinski definition) is 5. The Morgan fingerprint density at radius 2 is 1.80 bits per heavy atom. The van der Waals surface area contributed by atoms with Gasteiger partial charge in [0.05, 0.1) is 25.2 Å². The molecule has 2 aliphatic heterocycles. The number of ether oxygens (including phenoxy) is 1. The van der Waals surface area contributed by atoms with Gasteiger partial charge in [0.25, 0.3) is 5.91 Å². The van der Waals surface area contributed by atoms with E-state index in [0.717, 1.165) is 21.8 Å². The summed E-state index contributed by atoms with van der Waals surface area (Å²) in [4.78, 5) is 33.2. The van der Waals surface area contributed by atoms with E-state index in [1.807, 2.05) is 35.1 Å². The zero-order valence-corrected chi connectivity index (χ0v) is 20.3. The molecule has 0 bridgehead atoms. The molecule has 3 aromatic rings. The van der Waals surface area contributed by atoms with E-state index in [1.54, 1.807) is 35.1 Å². The molecule has 7 nitrogen and oxygen atoms in total. The third kappa shape index (κ3) is 5.11. The summed E-state index contributed by atoms with van der Waals surface area (Å²) in [7, 11) is 0. The Bertz CT molecular complexity index is 1200. The van der Waals surface area contributed by atoms with Crippen LogP contribution in [0, 0.1) is 11.7 Å². The molecular formula is C26H27FN4O3S. The van der Waals surface area contributed by atoms with E-state index in [1.165, 1.54) is 12.1 Å². The first-order valence-corrected chi connectivity index (χ1v) is 12.9. The van der Waals surface area contributed by atoms with E-state index < -0.39 is 0 Å². The molecular weight excluding hydrogens is 467 g/mol. The van der Waals surface area contributed by atoms with E-state index in [9.17, 15) is 14.0 Å². The molecule has 1 N–H and O–H groups in total. The Morgan fingerprint density at radius 1 is 1.09 bits per heavy atom. The molecule has 2 aromatic carbocycles. The standard InChI is InChI=1S/C26H27FN4O3S/c1-35-21-8-6-20(7-9-21)29-25(32)18-10-12-30(13-11-18)26(33)24-22-15-34-23(14-31(22)16-28-24)17-2-4-19(27)5-3-17/h2-9,16,18,23H,10-15H2,1H3,(H,29,32)/t23-/m1/s1. The zero-order valence-electron chi connectivity index (χ0n) is 19.4. The molecule has 182 valence electrons. The summed E-state index contributed by atoms with van der Waals surface area (Å²) >= 11 is 1.66. The number of thioether (sulfide) groups is 1. The molecule has 0 spiro atoms. The van der Waals surface area contributed by atoms with Crippen molar-refractivity contribution in [2.45, 2.75) is 37.0 Å². The van der Waals surface area contributed by atoms with Gasteiger partial charge in [-0.2, -0.15) is 0 Å². The van der Waals surface area contributed by atoms with Crippen LogP contribution in [-0.2, 0) is 22.7 Å². The Morgan fingerprint density at radius 3 is 2.49 bits per heavy atom. The van der Waals surface area contributed by atoms with Crippen molar-refractivity contribution in [3.8, 4) is 0 Å². The monoisotopic (exact) mass is 494 g/mol. The fourth-order valence-corrected chi connectivity index (χ4v) is 5.01. The SMILES string of the molecule is CSc1ccc(NC(=O)C2CCN(C(=O)c3ncn4c3CO[C@@H](c3ccc(F)cc3)C4)CC2)cc1. The molecule has 35 heavy (non-hydrogen) atoms. The Hall–Kier alpha value is -3.17. The average molecular weight is 495 g/mol. The number of rotatable bonds is 5. The smallest absolute Gasteiger partial charge is 0.274 e. The van der Waals surface area contributed by atoms with Crippen molar-refractivity contribution >= 4 is 29.3 Å². The largest absolute Gasteiger partial charge is 0.365 e. The molecule has 0 unspecified atom stereocenters. The first-order valence-electron chi connectivity index (χ1n) is 11.7. The number of nitrogens with zero attached hydrogens (tertiary/aromatic N) is 3. The van der Waals surface area contributed by atoms with E-state index in [4.69, 9.17) is 4.74 Å². The highest BCUT2D eigenvalue weighted by Crippen LogP contribution is 2.29. The molecule has 2 amide bonds. The van der Waals surface area contributed by atoms with Crippen molar-refractivity contribution in [1.82, 2.24) is 14.5 Å². The van der Waals surface area contributed by atoms with Crippen molar-refractivity contribution in [2.24, 2.45) is 5.92 Å². The first kappa shape index (κ1) is 23.6. The number of aromatic nitrogens is 2. The number of carbonyl (C=O) groups is 2. The summed E-state index contributed by atoms with van der Waals surface area (Å²) in [6, 6.07) is 14.1. The van der Waals surface area contributed by atoms with Crippen LogP contribution in [0.15, 0.2) is 59.8 Å². The van der Waals surface area contributed by atoms with Gasteiger partial charge in [-0.15, -0.1) is 11.8 Å². The van der Waals surface area contributed by atoms with Gasteiger partial charge in [-0.05, 0) is 61.1 Å². The van der Waals surface area contributed by atoms with Gasteiger partial charge in [0.15, 0.2) is 5.69 Å². The average Bonchev–Trinajstić information content (AvgIpc) is 3.32. The number of hydrogen-bond donors (Lipinski definition) is 1. The molecule has 5 rings (SSSR count). The van der Waals surface area contributed by atoms with Crippen LogP contribution in [0.2, 0.25) is 0 Å². The Kier molecular flexibility index (Phi) is 6.88. The van der Waals surface area contributed by atoms with Gasteiger partial charge in [0.2, 0.25) is 5.91 Å². The zero-order chi connectivity index (χ0) is 24.4. The van der Waals surface area contributed by atoms with Crippen LogP contribution in [0.25, 0.3) is 0 Å². The minimum atomic E-state index is -0.285. The van der Waals surface area contributed by atoms with Crippen LogP contribution in [0.5, 0.6) is 0 Å². The second-order valence-electron chi connectivity index (χ2n) is 8.83. The third-order valence-electron chi connectivity index (χ3n) is 6.68. The summed E-state index contributed by atoms with van der Waals surface area (Å²) in [5.74, 6) is -0.551. The van der Waals surface area contributed by atoms with E-state index in [-0.39, 0.29) is 36.3 Å². The normalized spacial score (nSPS) is 18.2. The van der Waals surface area contributed by atoms with Crippen LogP contribution >= 0.6 is 11.8 Å². The summed E-state index contributed by atoms with van der Waals surface area (Å²) in [5, 5.41) is 2.99. The molecule has 0 aliphatic carbocycles. The van der Waals surface area contributed by atoms with Crippen molar-refractivity contribution in [1.29, 1.82) is 0 Å². The van der Waals surface area contributed by atoms with Crippen LogP contribution < -0.4 is 5.32 Å². The van der Waals surface area contributed by atoms with Crippen LogP contribution in [0.3, 0.4) is 0 Å².